The van der Waals surface area contributed by atoms with Crippen molar-refractivity contribution in [3.05, 3.63) is 18.0 Å². The smallest absolute Gasteiger partial charge is 0.225 e. The minimum Gasteiger partial charge on any atom is -0.380 e. The van der Waals surface area contributed by atoms with Crippen LogP contribution < -0.4 is 10.6 Å². The van der Waals surface area contributed by atoms with Gasteiger partial charge in [-0.2, -0.15) is 0 Å². The first-order chi connectivity index (χ1) is 7.74. The maximum absolute atomic E-state index is 5.76. The molecule has 18 heavy (non-hydrogen) atoms. The Balaban J connectivity index is 0.00000144. The molecule has 2 rings (SSSR count). The average molecular weight is 295 g/mol. The van der Waals surface area contributed by atoms with Crippen LogP contribution in [-0.2, 0) is 4.74 Å². The van der Waals surface area contributed by atoms with Crippen LogP contribution in [-0.4, -0.2) is 42.3 Å². The van der Waals surface area contributed by atoms with Crippen LogP contribution in [0.2, 0.25) is 0 Å². The molecular weight excluding hydrogens is 275 g/mol. The molecule has 5 nitrogen and oxygen atoms in total. The van der Waals surface area contributed by atoms with Gasteiger partial charge in [0.05, 0.1) is 6.10 Å². The van der Waals surface area contributed by atoms with Crippen LogP contribution in [0.1, 0.15) is 12.1 Å². The maximum atomic E-state index is 5.76. The Hall–Kier alpha value is -0.620. The molecule has 2 N–H and O–H groups in total. The van der Waals surface area contributed by atoms with E-state index in [0.717, 1.165) is 24.6 Å². The largest absolute Gasteiger partial charge is 0.380 e. The number of nitrogens with two attached hydrogens (primary N) is 1. The standard InChI is InChI=1S/C11H18N4O.2ClH/c1-8-3-4-13-11(14-8)15-7-10(16-2)5-9(15)6-12;;/h3-4,9-10H,5-7,12H2,1-2H3;2*1H/t9-,10-;;/m0../s1. The van der Waals surface area contributed by atoms with Crippen molar-refractivity contribution in [2.24, 2.45) is 5.73 Å². The molecule has 1 aliphatic rings. The van der Waals surface area contributed by atoms with Gasteiger partial charge in [0.2, 0.25) is 5.95 Å². The number of ether oxygens (including phenoxy) is 1. The minimum absolute atomic E-state index is 0. The summed E-state index contributed by atoms with van der Waals surface area (Å²) < 4.78 is 5.37. The van der Waals surface area contributed by atoms with Gasteiger partial charge >= 0.3 is 0 Å². The second-order valence-electron chi connectivity index (χ2n) is 4.13. The molecule has 1 aromatic heterocycles. The molecule has 0 saturated carbocycles. The van der Waals surface area contributed by atoms with Gasteiger partial charge in [-0.15, -0.1) is 24.8 Å². The van der Waals surface area contributed by atoms with E-state index < -0.39 is 0 Å². The van der Waals surface area contributed by atoms with Crippen LogP contribution in [0, 0.1) is 6.92 Å². The first-order valence-electron chi connectivity index (χ1n) is 5.53. The molecule has 104 valence electrons. The molecule has 1 aliphatic heterocycles. The predicted molar refractivity (Wildman–Crippen MR) is 76.9 cm³/mol. The molecule has 7 heteroatoms. The molecule has 2 atom stereocenters. The molecule has 0 amide bonds. The maximum Gasteiger partial charge on any atom is 0.225 e. The highest BCUT2D eigenvalue weighted by atomic mass is 35.5. The Morgan fingerprint density at radius 1 is 1.50 bits per heavy atom. The molecule has 1 fully saturated rings. The van der Waals surface area contributed by atoms with Gasteiger partial charge in [-0.1, -0.05) is 0 Å². The third-order valence-electron chi connectivity index (χ3n) is 3.02. The Bertz CT molecular complexity index is 367. The Morgan fingerprint density at radius 3 is 2.78 bits per heavy atom. The van der Waals surface area contributed by atoms with E-state index >= 15 is 0 Å². The molecule has 0 radical (unpaired) electrons. The third-order valence-corrected chi connectivity index (χ3v) is 3.02. The highest BCUT2D eigenvalue weighted by Gasteiger charge is 2.32. The van der Waals surface area contributed by atoms with E-state index in [-0.39, 0.29) is 37.0 Å². The predicted octanol–water partition coefficient (Wildman–Crippen LogP) is 1.18. The van der Waals surface area contributed by atoms with Crippen molar-refractivity contribution in [3.8, 4) is 0 Å². The number of rotatable bonds is 3. The van der Waals surface area contributed by atoms with Gasteiger partial charge in [0.25, 0.3) is 0 Å². The zero-order valence-corrected chi connectivity index (χ0v) is 12.2. The number of aromatic nitrogens is 2. The van der Waals surface area contributed by atoms with Crippen LogP contribution in [0.15, 0.2) is 12.3 Å². The SMILES string of the molecule is CO[C@H]1C[C@@H](CN)N(c2nccc(C)n2)C1.Cl.Cl. The molecule has 1 saturated heterocycles. The fourth-order valence-electron chi connectivity index (χ4n) is 2.09. The summed E-state index contributed by atoms with van der Waals surface area (Å²) in [4.78, 5) is 10.9. The van der Waals surface area contributed by atoms with Gasteiger partial charge in [-0.25, -0.2) is 9.97 Å². The second-order valence-corrected chi connectivity index (χ2v) is 4.13. The van der Waals surface area contributed by atoms with E-state index in [1.165, 1.54) is 0 Å². The summed E-state index contributed by atoms with van der Waals surface area (Å²) in [6.45, 7) is 3.39. The van der Waals surface area contributed by atoms with Crippen LogP contribution in [0.25, 0.3) is 0 Å². The molecule has 0 unspecified atom stereocenters. The van der Waals surface area contributed by atoms with Crippen molar-refractivity contribution < 1.29 is 4.74 Å². The summed E-state index contributed by atoms with van der Waals surface area (Å²) in [6.07, 6.45) is 2.97. The van der Waals surface area contributed by atoms with Crippen molar-refractivity contribution >= 4 is 30.8 Å². The van der Waals surface area contributed by atoms with E-state index in [4.69, 9.17) is 10.5 Å². The fraction of sp³-hybridized carbons (Fsp3) is 0.636. The number of hydrogen-bond acceptors (Lipinski definition) is 5. The zero-order chi connectivity index (χ0) is 11.5. The summed E-state index contributed by atoms with van der Waals surface area (Å²) in [5.41, 5.74) is 6.74. The second kappa shape index (κ2) is 7.74. The molecule has 0 bridgehead atoms. The Morgan fingerprint density at radius 2 is 2.22 bits per heavy atom. The lowest BCUT2D eigenvalue weighted by Gasteiger charge is -2.22. The van der Waals surface area contributed by atoms with E-state index in [0.29, 0.717) is 6.54 Å². The summed E-state index contributed by atoms with van der Waals surface area (Å²) in [5.74, 6) is 0.759. The molecule has 0 aromatic carbocycles. The zero-order valence-electron chi connectivity index (χ0n) is 10.6. The van der Waals surface area contributed by atoms with Gasteiger partial charge in [-0.3, -0.25) is 0 Å². The first kappa shape index (κ1) is 17.4. The molecular formula is C11H20Cl2N4O. The first-order valence-corrected chi connectivity index (χ1v) is 5.53. The topological polar surface area (TPSA) is 64.3 Å². The number of hydrogen-bond donors (Lipinski definition) is 1. The normalized spacial score (nSPS) is 22.3. The van der Waals surface area contributed by atoms with Crippen LogP contribution in [0.5, 0.6) is 0 Å². The van der Waals surface area contributed by atoms with Crippen molar-refractivity contribution in [2.75, 3.05) is 25.1 Å². The fourth-order valence-corrected chi connectivity index (χ4v) is 2.09. The number of nitrogens with zero attached hydrogens (tertiary/aromatic N) is 3. The van der Waals surface area contributed by atoms with Gasteiger partial charge in [0, 0.05) is 38.1 Å². The minimum atomic E-state index is 0. The molecule has 0 aliphatic carbocycles. The number of halogens is 2. The van der Waals surface area contributed by atoms with Gasteiger partial charge < -0.3 is 15.4 Å². The van der Waals surface area contributed by atoms with Crippen molar-refractivity contribution in [3.63, 3.8) is 0 Å². The highest BCUT2D eigenvalue weighted by Crippen LogP contribution is 2.23. The van der Waals surface area contributed by atoms with Crippen molar-refractivity contribution in [2.45, 2.75) is 25.5 Å². The van der Waals surface area contributed by atoms with Crippen LogP contribution in [0.4, 0.5) is 5.95 Å². The van der Waals surface area contributed by atoms with Gasteiger partial charge in [-0.05, 0) is 19.4 Å². The summed E-state index contributed by atoms with van der Waals surface area (Å²) in [7, 11) is 1.73. The van der Waals surface area contributed by atoms with E-state index in [2.05, 4.69) is 14.9 Å². The van der Waals surface area contributed by atoms with Crippen molar-refractivity contribution in [1.82, 2.24) is 9.97 Å². The van der Waals surface area contributed by atoms with Gasteiger partial charge in [0.15, 0.2) is 0 Å². The van der Waals surface area contributed by atoms with Gasteiger partial charge in [0.1, 0.15) is 0 Å². The lowest BCUT2D eigenvalue weighted by atomic mass is 10.2. The third kappa shape index (κ3) is 3.68. The Labute approximate surface area is 120 Å². The molecule has 0 spiro atoms. The lowest BCUT2D eigenvalue weighted by molar-refractivity contribution is 0.118. The molecule has 2 heterocycles. The summed E-state index contributed by atoms with van der Waals surface area (Å²) in [6, 6.07) is 2.18. The van der Waals surface area contributed by atoms with Crippen LogP contribution >= 0.6 is 24.8 Å². The van der Waals surface area contributed by atoms with E-state index in [1.54, 1.807) is 13.3 Å². The summed E-state index contributed by atoms with van der Waals surface area (Å²) in [5, 5.41) is 0. The summed E-state index contributed by atoms with van der Waals surface area (Å²) >= 11 is 0. The lowest BCUT2D eigenvalue weighted by Crippen LogP contribution is -2.36. The monoisotopic (exact) mass is 294 g/mol. The number of anilines is 1. The quantitative estimate of drug-likeness (QED) is 0.907. The van der Waals surface area contributed by atoms with E-state index in [1.807, 2.05) is 13.0 Å². The Kier molecular flexibility index (Phi) is 7.47. The number of methoxy groups -OCH3 is 1. The number of aryl methyl sites for hydroxylation is 1. The van der Waals surface area contributed by atoms with E-state index in [9.17, 15) is 0 Å². The highest BCUT2D eigenvalue weighted by molar-refractivity contribution is 5.85. The molecule has 1 aromatic rings. The van der Waals surface area contributed by atoms with Crippen LogP contribution in [0.3, 0.4) is 0 Å². The van der Waals surface area contributed by atoms with Crippen molar-refractivity contribution in [1.29, 1.82) is 0 Å². The average Bonchev–Trinajstić information content (AvgIpc) is 2.72.